The number of phenols is 1. The second-order valence-corrected chi connectivity index (χ2v) is 8.18. The van der Waals surface area contributed by atoms with Gasteiger partial charge >= 0.3 is 5.97 Å². The number of ether oxygens (including phenoxy) is 1. The number of carbonyl (C=O) groups is 1. The first kappa shape index (κ1) is 20.8. The van der Waals surface area contributed by atoms with Gasteiger partial charge in [0.25, 0.3) is 5.56 Å². The molecule has 0 fully saturated rings. The summed E-state index contributed by atoms with van der Waals surface area (Å²) in [5.74, 6) is -0.886. The molecule has 1 aliphatic rings. The van der Waals surface area contributed by atoms with E-state index in [9.17, 15) is 19.5 Å². The Bertz CT molecular complexity index is 1500. The summed E-state index contributed by atoms with van der Waals surface area (Å²) in [5.41, 5.74) is 2.05. The SMILES string of the molecule is Cc1cc2c(c(=O)n1CCc1ccc(O)cc1)[C@H](c1coc3ccccc3c1=O)CC(=O)O2. The molecule has 2 aromatic heterocycles. The number of rotatable bonds is 4. The van der Waals surface area contributed by atoms with E-state index in [0.717, 1.165) is 5.56 Å². The number of aryl methyl sites for hydroxylation is 2. The molecule has 0 saturated carbocycles. The Hall–Kier alpha value is -4.13. The minimum atomic E-state index is -0.755. The number of para-hydroxylation sites is 1. The van der Waals surface area contributed by atoms with Gasteiger partial charge in [-0.3, -0.25) is 14.4 Å². The van der Waals surface area contributed by atoms with Gasteiger partial charge < -0.3 is 18.8 Å². The van der Waals surface area contributed by atoms with E-state index in [1.807, 2.05) is 0 Å². The molecule has 0 saturated heterocycles. The maximum atomic E-state index is 13.6. The second-order valence-electron chi connectivity index (χ2n) is 8.18. The van der Waals surface area contributed by atoms with E-state index in [1.54, 1.807) is 66.1 Å². The van der Waals surface area contributed by atoms with E-state index in [-0.39, 0.29) is 40.0 Å². The minimum absolute atomic E-state index is 0.119. The maximum absolute atomic E-state index is 13.6. The minimum Gasteiger partial charge on any atom is -0.508 e. The van der Waals surface area contributed by atoms with Gasteiger partial charge in [-0.1, -0.05) is 24.3 Å². The molecule has 33 heavy (non-hydrogen) atoms. The highest BCUT2D eigenvalue weighted by atomic mass is 16.5. The summed E-state index contributed by atoms with van der Waals surface area (Å²) in [7, 11) is 0. The first-order valence-electron chi connectivity index (χ1n) is 10.7. The van der Waals surface area contributed by atoms with Gasteiger partial charge in [-0.25, -0.2) is 0 Å². The molecule has 1 aliphatic heterocycles. The summed E-state index contributed by atoms with van der Waals surface area (Å²) < 4.78 is 12.7. The number of esters is 1. The van der Waals surface area contributed by atoms with Crippen molar-refractivity contribution < 1.29 is 19.1 Å². The van der Waals surface area contributed by atoms with Crippen molar-refractivity contribution in [3.05, 3.63) is 104 Å². The third-order valence-corrected chi connectivity index (χ3v) is 6.09. The average molecular weight is 443 g/mol. The fourth-order valence-corrected chi connectivity index (χ4v) is 4.37. The normalized spacial score (nSPS) is 15.3. The van der Waals surface area contributed by atoms with Crippen LogP contribution in [0, 0.1) is 6.92 Å². The first-order valence-corrected chi connectivity index (χ1v) is 10.7. The van der Waals surface area contributed by atoms with Crippen LogP contribution in [0.15, 0.2) is 74.9 Å². The van der Waals surface area contributed by atoms with Crippen LogP contribution in [0.1, 0.15) is 34.7 Å². The molecule has 0 spiro atoms. The van der Waals surface area contributed by atoms with Gasteiger partial charge in [0, 0.05) is 29.8 Å². The van der Waals surface area contributed by atoms with Crippen LogP contribution >= 0.6 is 0 Å². The molecule has 0 bridgehead atoms. The summed E-state index contributed by atoms with van der Waals surface area (Å²) in [6, 6.07) is 15.4. The molecule has 0 radical (unpaired) electrons. The average Bonchev–Trinajstić information content (AvgIpc) is 2.80. The maximum Gasteiger partial charge on any atom is 0.312 e. The molecule has 0 aliphatic carbocycles. The number of carbonyl (C=O) groups excluding carboxylic acids is 1. The van der Waals surface area contributed by atoms with Crippen LogP contribution in [0.3, 0.4) is 0 Å². The van der Waals surface area contributed by atoms with E-state index in [4.69, 9.17) is 9.15 Å². The summed E-state index contributed by atoms with van der Waals surface area (Å²) in [4.78, 5) is 39.1. The van der Waals surface area contributed by atoms with Crippen molar-refractivity contribution in [3.8, 4) is 11.5 Å². The zero-order valence-electron chi connectivity index (χ0n) is 17.9. The third-order valence-electron chi connectivity index (χ3n) is 6.09. The lowest BCUT2D eigenvalue weighted by Gasteiger charge is -2.25. The first-order chi connectivity index (χ1) is 15.9. The van der Waals surface area contributed by atoms with Gasteiger partial charge in [0.15, 0.2) is 5.43 Å². The van der Waals surface area contributed by atoms with Gasteiger partial charge in [-0.15, -0.1) is 0 Å². The Morgan fingerprint density at radius 1 is 1.06 bits per heavy atom. The molecule has 3 heterocycles. The van der Waals surface area contributed by atoms with Crippen molar-refractivity contribution in [1.82, 2.24) is 4.57 Å². The number of pyridine rings is 1. The molecule has 7 heteroatoms. The summed E-state index contributed by atoms with van der Waals surface area (Å²) >= 11 is 0. The van der Waals surface area contributed by atoms with Crippen LogP contribution in [0.4, 0.5) is 0 Å². The highest BCUT2D eigenvalue weighted by molar-refractivity contribution is 5.80. The number of aromatic nitrogens is 1. The molecule has 5 rings (SSSR count). The van der Waals surface area contributed by atoms with Crippen molar-refractivity contribution in [2.45, 2.75) is 32.2 Å². The van der Waals surface area contributed by atoms with Crippen LogP contribution < -0.4 is 15.7 Å². The number of aromatic hydroxyl groups is 1. The van der Waals surface area contributed by atoms with Crippen molar-refractivity contribution in [2.75, 3.05) is 0 Å². The summed E-state index contributed by atoms with van der Waals surface area (Å²) in [6.07, 6.45) is 1.80. The molecule has 2 aromatic carbocycles. The predicted octanol–water partition coefficient (Wildman–Crippen LogP) is 3.65. The number of phenolic OH excluding ortho intramolecular Hbond substituents is 1. The number of nitrogens with zero attached hydrogens (tertiary/aromatic N) is 1. The Balaban J connectivity index is 1.60. The Morgan fingerprint density at radius 3 is 2.61 bits per heavy atom. The van der Waals surface area contributed by atoms with Gasteiger partial charge in [0.05, 0.1) is 23.6 Å². The Labute approximate surface area is 188 Å². The van der Waals surface area contributed by atoms with Crippen LogP contribution in [-0.2, 0) is 17.8 Å². The molecule has 1 atom stereocenters. The lowest BCUT2D eigenvalue weighted by atomic mass is 9.87. The van der Waals surface area contributed by atoms with Gasteiger partial charge in [0.1, 0.15) is 17.1 Å². The van der Waals surface area contributed by atoms with Crippen molar-refractivity contribution in [3.63, 3.8) is 0 Å². The molecule has 7 nitrogen and oxygen atoms in total. The zero-order valence-corrected chi connectivity index (χ0v) is 17.9. The molecule has 1 N–H and O–H groups in total. The second kappa shape index (κ2) is 8.09. The standard InChI is InChI=1S/C26H21NO6/c1-15-12-22-24(26(31)27(15)11-10-16-6-8-17(28)9-7-16)19(13-23(29)33-22)20-14-32-21-5-3-2-4-18(21)25(20)30/h2-9,12,14,19,28H,10-11,13H2,1H3/t19-/m0/s1. The van der Waals surface area contributed by atoms with Crippen LogP contribution in [0.25, 0.3) is 11.0 Å². The van der Waals surface area contributed by atoms with Crippen LogP contribution in [-0.4, -0.2) is 15.6 Å². The lowest BCUT2D eigenvalue weighted by molar-refractivity contribution is -0.135. The molecular formula is C26H21NO6. The zero-order chi connectivity index (χ0) is 23.1. The third kappa shape index (κ3) is 3.71. The number of benzene rings is 2. The van der Waals surface area contributed by atoms with Gasteiger partial charge in [0.2, 0.25) is 0 Å². The van der Waals surface area contributed by atoms with Crippen LogP contribution in [0.5, 0.6) is 11.5 Å². The van der Waals surface area contributed by atoms with Gasteiger partial charge in [-0.05, 0) is 43.2 Å². The summed E-state index contributed by atoms with van der Waals surface area (Å²) in [6.45, 7) is 2.18. The Kier molecular flexibility index (Phi) is 5.09. The largest absolute Gasteiger partial charge is 0.508 e. The predicted molar refractivity (Wildman–Crippen MR) is 122 cm³/mol. The Morgan fingerprint density at radius 2 is 1.82 bits per heavy atom. The topological polar surface area (TPSA) is 98.7 Å². The summed E-state index contributed by atoms with van der Waals surface area (Å²) in [5, 5.41) is 9.88. The van der Waals surface area contributed by atoms with E-state index in [1.165, 1.54) is 6.26 Å². The van der Waals surface area contributed by atoms with E-state index >= 15 is 0 Å². The van der Waals surface area contributed by atoms with Crippen molar-refractivity contribution >= 4 is 16.9 Å². The fraction of sp³-hybridized carbons (Fsp3) is 0.192. The number of hydrogen-bond acceptors (Lipinski definition) is 6. The molecular weight excluding hydrogens is 422 g/mol. The number of hydrogen-bond donors (Lipinski definition) is 1. The highest BCUT2D eigenvalue weighted by Crippen LogP contribution is 2.36. The smallest absolute Gasteiger partial charge is 0.312 e. The van der Waals surface area contributed by atoms with Crippen LogP contribution in [0.2, 0.25) is 0 Å². The van der Waals surface area contributed by atoms with Crippen molar-refractivity contribution in [2.24, 2.45) is 0 Å². The van der Waals surface area contributed by atoms with Crippen molar-refractivity contribution in [1.29, 1.82) is 0 Å². The highest BCUT2D eigenvalue weighted by Gasteiger charge is 2.34. The number of fused-ring (bicyclic) bond motifs is 2. The monoisotopic (exact) mass is 443 g/mol. The molecule has 4 aromatic rings. The van der Waals surface area contributed by atoms with E-state index < -0.39 is 11.9 Å². The van der Waals surface area contributed by atoms with Gasteiger partial charge in [-0.2, -0.15) is 0 Å². The fourth-order valence-electron chi connectivity index (χ4n) is 4.37. The van der Waals surface area contributed by atoms with E-state index in [2.05, 4.69) is 0 Å². The molecule has 0 amide bonds. The lowest BCUT2D eigenvalue weighted by Crippen LogP contribution is -2.35. The van der Waals surface area contributed by atoms with E-state index in [0.29, 0.717) is 29.6 Å². The molecule has 0 unspecified atom stereocenters. The quantitative estimate of drug-likeness (QED) is 0.484. The molecule has 166 valence electrons.